The Bertz CT molecular complexity index is 1590. The van der Waals surface area contributed by atoms with Gasteiger partial charge in [-0.1, -0.05) is 23.7 Å². The van der Waals surface area contributed by atoms with Crippen LogP contribution in [-0.2, 0) is 22.6 Å². The average molecular weight is 579 g/mol. The van der Waals surface area contributed by atoms with Gasteiger partial charge in [0.25, 0.3) is 0 Å². The number of benzene rings is 2. The largest absolute Gasteiger partial charge is 0.493 e. The fourth-order valence-electron chi connectivity index (χ4n) is 3.73. The van der Waals surface area contributed by atoms with E-state index < -0.39 is 17.7 Å². The number of halogens is 1. The number of aromatic carboxylic acids is 1. The van der Waals surface area contributed by atoms with Gasteiger partial charge in [-0.2, -0.15) is 10.5 Å². The molecule has 0 fully saturated rings. The Hall–Kier alpha value is -4.64. The Morgan fingerprint density at radius 3 is 2.55 bits per heavy atom. The van der Waals surface area contributed by atoms with Crippen LogP contribution in [-0.4, -0.2) is 36.5 Å². The van der Waals surface area contributed by atoms with Crippen LogP contribution < -0.4 is 9.47 Å². The number of hydrogen-bond acceptors (Lipinski definition) is 9. The molecule has 0 bridgehead atoms. The number of rotatable bonds is 11. The van der Waals surface area contributed by atoms with Crippen molar-refractivity contribution in [3.8, 4) is 23.6 Å². The highest BCUT2D eigenvalue weighted by Gasteiger charge is 2.23. The third-order valence-corrected chi connectivity index (χ3v) is 7.21. The number of ketones is 1. The lowest BCUT2D eigenvalue weighted by Gasteiger charge is -2.14. The van der Waals surface area contributed by atoms with Crippen molar-refractivity contribution in [3.05, 3.63) is 84.6 Å². The highest BCUT2D eigenvalue weighted by atomic mass is 35.5. The summed E-state index contributed by atoms with van der Waals surface area (Å²) >= 11 is 7.43. The molecule has 1 N–H and O–H groups in total. The molecule has 0 amide bonds. The van der Waals surface area contributed by atoms with E-state index in [1.807, 2.05) is 12.1 Å². The van der Waals surface area contributed by atoms with Gasteiger partial charge in [-0.15, -0.1) is 11.3 Å². The summed E-state index contributed by atoms with van der Waals surface area (Å²) < 4.78 is 16.2. The number of hydrogen-bond donors (Lipinski definition) is 1. The summed E-state index contributed by atoms with van der Waals surface area (Å²) in [6.07, 6.45) is 1.09. The second-order valence-corrected chi connectivity index (χ2v) is 9.80. The summed E-state index contributed by atoms with van der Waals surface area (Å²) in [6.45, 7) is 3.46. The second kappa shape index (κ2) is 13.4. The molecule has 204 valence electrons. The van der Waals surface area contributed by atoms with Crippen molar-refractivity contribution in [3.63, 3.8) is 0 Å². The van der Waals surface area contributed by atoms with E-state index in [4.69, 9.17) is 25.8 Å². The van der Waals surface area contributed by atoms with Crippen molar-refractivity contribution in [2.75, 3.05) is 13.7 Å². The predicted molar refractivity (Wildman–Crippen MR) is 148 cm³/mol. The lowest BCUT2D eigenvalue weighted by molar-refractivity contribution is -0.114. The molecule has 3 aromatic rings. The zero-order valence-electron chi connectivity index (χ0n) is 21.7. The van der Waals surface area contributed by atoms with Crippen LogP contribution in [0.1, 0.15) is 54.1 Å². The van der Waals surface area contributed by atoms with Gasteiger partial charge in [0.05, 0.1) is 35.4 Å². The molecule has 0 unspecified atom stereocenters. The number of methoxy groups -OCH3 is 1. The number of Topliss-reactive ketones (excluding diaryl/α,β-unsaturated/α-hetero) is 1. The van der Waals surface area contributed by atoms with E-state index in [1.54, 1.807) is 26.0 Å². The molecule has 0 radical (unpaired) electrons. The first-order valence-electron chi connectivity index (χ1n) is 11.8. The van der Waals surface area contributed by atoms with Crippen LogP contribution in [0.4, 0.5) is 0 Å². The molecule has 0 spiro atoms. The normalized spacial score (nSPS) is 10.8. The number of thiophene rings is 1. The summed E-state index contributed by atoms with van der Waals surface area (Å²) in [7, 11) is 1.40. The molecule has 40 heavy (non-hydrogen) atoms. The summed E-state index contributed by atoms with van der Waals surface area (Å²) in [5.41, 5.74) is 1.56. The van der Waals surface area contributed by atoms with Gasteiger partial charge < -0.3 is 19.3 Å². The molecule has 1 aromatic heterocycles. The van der Waals surface area contributed by atoms with Crippen LogP contribution in [0.3, 0.4) is 0 Å². The topological polar surface area (TPSA) is 147 Å². The van der Waals surface area contributed by atoms with Crippen LogP contribution in [0.2, 0.25) is 5.02 Å². The number of ether oxygens (including phenoxy) is 3. The maximum Gasteiger partial charge on any atom is 0.348 e. The minimum absolute atomic E-state index is 0.0174. The number of nitriles is 2. The third-order valence-electron chi connectivity index (χ3n) is 5.65. The van der Waals surface area contributed by atoms with E-state index in [-0.39, 0.29) is 57.7 Å². The number of nitrogens with zero attached hydrogens (tertiary/aromatic N) is 2. The monoisotopic (exact) mass is 578 g/mol. The second-order valence-electron chi connectivity index (χ2n) is 8.28. The molecule has 2 aromatic carbocycles. The Morgan fingerprint density at radius 2 is 1.93 bits per heavy atom. The average Bonchev–Trinajstić information content (AvgIpc) is 3.25. The Morgan fingerprint density at radius 1 is 1.18 bits per heavy atom. The first kappa shape index (κ1) is 29.9. The molecule has 0 aliphatic heterocycles. The Balaban J connectivity index is 1.85. The van der Waals surface area contributed by atoms with Crippen molar-refractivity contribution >= 4 is 46.7 Å². The van der Waals surface area contributed by atoms with Gasteiger partial charge >= 0.3 is 11.9 Å². The molecule has 0 saturated heterocycles. The molecular weight excluding hydrogens is 556 g/mol. The third kappa shape index (κ3) is 6.86. The zero-order valence-corrected chi connectivity index (χ0v) is 23.3. The van der Waals surface area contributed by atoms with Crippen molar-refractivity contribution in [1.29, 1.82) is 10.5 Å². The molecule has 0 atom stereocenters. The highest BCUT2D eigenvalue weighted by molar-refractivity contribution is 7.14. The lowest BCUT2D eigenvalue weighted by Crippen LogP contribution is -2.05. The van der Waals surface area contributed by atoms with Gasteiger partial charge in [0.1, 0.15) is 23.6 Å². The van der Waals surface area contributed by atoms with Crippen LogP contribution >= 0.6 is 22.9 Å². The molecular formula is C29H23ClN2O7S. The van der Waals surface area contributed by atoms with Gasteiger partial charge in [0.2, 0.25) is 0 Å². The first-order chi connectivity index (χ1) is 19.1. The van der Waals surface area contributed by atoms with Crippen LogP contribution in [0.15, 0.2) is 42.0 Å². The fourth-order valence-corrected chi connectivity index (χ4v) is 5.15. The number of carbonyl (C=O) groups excluding carboxylic acids is 2. The lowest BCUT2D eigenvalue weighted by atomic mass is 10.0. The predicted octanol–water partition coefficient (Wildman–Crippen LogP) is 5.76. The maximum absolute atomic E-state index is 13.0. The first-order valence-corrected chi connectivity index (χ1v) is 13.0. The standard InChI is InChI=1S/C29H23ClN2O7S/c1-4-38-29(36)27-16(2)21(14-32)25(40-27)12-23(33)20(13-31)9-18-10-22(30)26(24(11-18)37-3)39-15-17-6-5-7-19(8-17)28(34)35/h5-11H,4,12,15H2,1-3H3,(H,34,35)/b20-9+. The fraction of sp³-hybridized carbons (Fsp3) is 0.207. The summed E-state index contributed by atoms with van der Waals surface area (Å²) in [5.74, 6) is -1.75. The summed E-state index contributed by atoms with van der Waals surface area (Å²) in [6, 6.07) is 13.2. The highest BCUT2D eigenvalue weighted by Crippen LogP contribution is 2.38. The van der Waals surface area contributed by atoms with Gasteiger partial charge in [0, 0.05) is 11.3 Å². The molecule has 11 heteroatoms. The Labute approximate surface area is 239 Å². The van der Waals surface area contributed by atoms with E-state index in [1.165, 1.54) is 37.5 Å². The van der Waals surface area contributed by atoms with Crippen molar-refractivity contribution in [1.82, 2.24) is 0 Å². The minimum Gasteiger partial charge on any atom is -0.493 e. The van der Waals surface area contributed by atoms with Gasteiger partial charge in [-0.3, -0.25) is 4.79 Å². The van der Waals surface area contributed by atoms with Gasteiger partial charge in [-0.25, -0.2) is 9.59 Å². The van der Waals surface area contributed by atoms with Crippen molar-refractivity contribution < 1.29 is 33.7 Å². The molecule has 3 rings (SSSR count). The van der Waals surface area contributed by atoms with Crippen LogP contribution in [0.5, 0.6) is 11.5 Å². The number of allylic oxidation sites excluding steroid dienone is 1. The van der Waals surface area contributed by atoms with E-state index in [9.17, 15) is 30.0 Å². The SMILES string of the molecule is CCOC(=O)c1sc(CC(=O)/C(C#N)=C/c2cc(Cl)c(OCc3cccc(C(=O)O)c3)c(OC)c2)c(C#N)c1C. The minimum atomic E-state index is -1.06. The molecule has 0 aliphatic rings. The number of carboxylic acid groups (broad SMARTS) is 1. The number of esters is 1. The number of carbonyl (C=O) groups is 3. The van der Waals surface area contributed by atoms with E-state index in [0.29, 0.717) is 21.6 Å². The summed E-state index contributed by atoms with van der Waals surface area (Å²) in [5, 5.41) is 28.6. The summed E-state index contributed by atoms with van der Waals surface area (Å²) in [4.78, 5) is 37.1. The van der Waals surface area contributed by atoms with E-state index >= 15 is 0 Å². The van der Waals surface area contributed by atoms with E-state index in [0.717, 1.165) is 11.3 Å². The van der Waals surface area contributed by atoms with Gasteiger partial charge in [-0.05, 0) is 60.9 Å². The van der Waals surface area contributed by atoms with Crippen LogP contribution in [0.25, 0.3) is 6.08 Å². The van der Waals surface area contributed by atoms with Crippen molar-refractivity contribution in [2.45, 2.75) is 26.9 Å². The van der Waals surface area contributed by atoms with Gasteiger partial charge in [0.15, 0.2) is 17.3 Å². The molecule has 1 heterocycles. The van der Waals surface area contributed by atoms with E-state index in [2.05, 4.69) is 0 Å². The molecule has 0 aliphatic carbocycles. The molecule has 0 saturated carbocycles. The molecule has 9 nitrogen and oxygen atoms in total. The van der Waals surface area contributed by atoms with Crippen molar-refractivity contribution in [2.24, 2.45) is 0 Å². The zero-order chi connectivity index (χ0) is 29.4. The quantitative estimate of drug-likeness (QED) is 0.170. The maximum atomic E-state index is 13.0. The van der Waals surface area contributed by atoms with Crippen LogP contribution in [0, 0.1) is 29.6 Å². The number of carboxylic acids is 1. The Kier molecular flexibility index (Phi) is 10.0. The smallest absolute Gasteiger partial charge is 0.348 e.